The Hall–Kier alpha value is -1.71. The van der Waals surface area contributed by atoms with E-state index in [1.54, 1.807) is 7.05 Å². The van der Waals surface area contributed by atoms with Gasteiger partial charge in [-0.1, -0.05) is 19.9 Å². The molecule has 1 aromatic carbocycles. The molecule has 112 valence electrons. The fraction of sp³-hybridized carbons (Fsp3) is 0.562. The number of rotatable bonds is 6. The second-order valence-corrected chi connectivity index (χ2v) is 5.45. The van der Waals surface area contributed by atoms with Gasteiger partial charge in [-0.15, -0.1) is 0 Å². The van der Waals surface area contributed by atoms with Gasteiger partial charge in [0.25, 0.3) is 0 Å². The zero-order valence-corrected chi connectivity index (χ0v) is 13.3. The van der Waals surface area contributed by atoms with Crippen LogP contribution in [0.1, 0.15) is 25.0 Å². The summed E-state index contributed by atoms with van der Waals surface area (Å²) in [4.78, 5) is 4.17. The first-order valence-corrected chi connectivity index (χ1v) is 7.17. The first-order chi connectivity index (χ1) is 9.51. The summed E-state index contributed by atoms with van der Waals surface area (Å²) in [6.07, 6.45) is 0. The van der Waals surface area contributed by atoms with Crippen LogP contribution in [0.3, 0.4) is 0 Å². The number of aliphatic imine (C=N–C) groups is 1. The molecule has 0 atom stereocenters. The van der Waals surface area contributed by atoms with E-state index in [1.807, 2.05) is 0 Å². The van der Waals surface area contributed by atoms with Crippen LogP contribution < -0.4 is 15.4 Å². The summed E-state index contributed by atoms with van der Waals surface area (Å²) >= 11 is 0. The van der Waals surface area contributed by atoms with E-state index >= 15 is 0 Å². The van der Waals surface area contributed by atoms with Crippen LogP contribution in [0.25, 0.3) is 0 Å². The van der Waals surface area contributed by atoms with Gasteiger partial charge in [0.05, 0.1) is 6.54 Å². The summed E-state index contributed by atoms with van der Waals surface area (Å²) in [6, 6.07) is 6.25. The van der Waals surface area contributed by atoms with Crippen molar-refractivity contribution in [2.24, 2.45) is 10.9 Å². The minimum absolute atomic E-state index is 0.597. The van der Waals surface area contributed by atoms with Gasteiger partial charge in [0.15, 0.2) is 5.96 Å². The fourth-order valence-electron chi connectivity index (χ4n) is 1.88. The lowest BCUT2D eigenvalue weighted by molar-refractivity contribution is 0.321. The Bertz CT molecular complexity index is 421. The number of hydrogen-bond acceptors (Lipinski definition) is 2. The number of hydrogen-bond donors (Lipinski definition) is 2. The molecular formula is C16H27N3O. The first kappa shape index (κ1) is 16.3. The summed E-state index contributed by atoms with van der Waals surface area (Å²) in [5.74, 6) is 2.34. The van der Waals surface area contributed by atoms with Crippen LogP contribution in [0.4, 0.5) is 0 Å². The Morgan fingerprint density at radius 2 is 1.80 bits per heavy atom. The minimum Gasteiger partial charge on any atom is -0.492 e. The maximum Gasteiger partial charge on any atom is 0.191 e. The molecule has 0 aromatic heterocycles. The molecule has 0 saturated carbocycles. The third-order valence-electron chi connectivity index (χ3n) is 2.76. The zero-order chi connectivity index (χ0) is 15.0. The van der Waals surface area contributed by atoms with Gasteiger partial charge in [0, 0.05) is 13.6 Å². The van der Waals surface area contributed by atoms with E-state index in [1.165, 1.54) is 11.1 Å². The molecule has 1 rings (SSSR count). The average Bonchev–Trinajstić information content (AvgIpc) is 2.36. The third kappa shape index (κ3) is 6.45. The predicted molar refractivity (Wildman–Crippen MR) is 85.6 cm³/mol. The van der Waals surface area contributed by atoms with Gasteiger partial charge in [-0.05, 0) is 43.0 Å². The quantitative estimate of drug-likeness (QED) is 0.477. The van der Waals surface area contributed by atoms with Crippen molar-refractivity contribution in [1.82, 2.24) is 10.6 Å². The summed E-state index contributed by atoms with van der Waals surface area (Å²) in [7, 11) is 1.78. The molecule has 0 unspecified atom stereocenters. The van der Waals surface area contributed by atoms with E-state index in [0.717, 1.165) is 24.8 Å². The van der Waals surface area contributed by atoms with Crippen molar-refractivity contribution in [3.8, 4) is 5.75 Å². The average molecular weight is 277 g/mol. The van der Waals surface area contributed by atoms with Crippen molar-refractivity contribution < 1.29 is 4.74 Å². The van der Waals surface area contributed by atoms with Gasteiger partial charge < -0.3 is 15.4 Å². The van der Waals surface area contributed by atoms with Crippen LogP contribution in [-0.4, -0.2) is 32.7 Å². The van der Waals surface area contributed by atoms with E-state index in [4.69, 9.17) is 4.74 Å². The summed E-state index contributed by atoms with van der Waals surface area (Å²) in [5.41, 5.74) is 2.45. The lowest BCUT2D eigenvalue weighted by Crippen LogP contribution is -2.40. The Kier molecular flexibility index (Phi) is 6.91. The molecule has 0 radical (unpaired) electrons. The van der Waals surface area contributed by atoms with Gasteiger partial charge in [-0.2, -0.15) is 0 Å². The Morgan fingerprint density at radius 1 is 1.15 bits per heavy atom. The van der Waals surface area contributed by atoms with Gasteiger partial charge in [0.1, 0.15) is 12.4 Å². The SMILES string of the molecule is CN=C(NCCOc1cc(C)cc(C)c1)NCC(C)C. The smallest absolute Gasteiger partial charge is 0.191 e. The second-order valence-electron chi connectivity index (χ2n) is 5.45. The normalized spacial score (nSPS) is 11.6. The van der Waals surface area contributed by atoms with Crippen LogP contribution >= 0.6 is 0 Å². The van der Waals surface area contributed by atoms with Gasteiger partial charge in [-0.3, -0.25) is 4.99 Å². The highest BCUT2D eigenvalue weighted by Crippen LogP contribution is 2.15. The monoisotopic (exact) mass is 277 g/mol. The molecule has 20 heavy (non-hydrogen) atoms. The second kappa shape index (κ2) is 8.46. The third-order valence-corrected chi connectivity index (χ3v) is 2.76. The molecule has 0 aliphatic heterocycles. The molecular weight excluding hydrogens is 250 g/mol. The molecule has 4 heteroatoms. The van der Waals surface area contributed by atoms with E-state index < -0.39 is 0 Å². The molecule has 0 bridgehead atoms. The molecule has 1 aromatic rings. The van der Waals surface area contributed by atoms with Crippen LogP contribution in [-0.2, 0) is 0 Å². The number of ether oxygens (including phenoxy) is 1. The summed E-state index contributed by atoms with van der Waals surface area (Å²) in [6.45, 7) is 10.8. The van der Waals surface area contributed by atoms with Crippen molar-refractivity contribution in [3.63, 3.8) is 0 Å². The zero-order valence-electron chi connectivity index (χ0n) is 13.3. The van der Waals surface area contributed by atoms with Crippen molar-refractivity contribution in [1.29, 1.82) is 0 Å². The predicted octanol–water partition coefficient (Wildman–Crippen LogP) is 2.50. The Balaban J connectivity index is 2.30. The lowest BCUT2D eigenvalue weighted by Gasteiger charge is -2.14. The van der Waals surface area contributed by atoms with E-state index in [0.29, 0.717) is 12.5 Å². The molecule has 0 heterocycles. The van der Waals surface area contributed by atoms with E-state index in [-0.39, 0.29) is 0 Å². The largest absolute Gasteiger partial charge is 0.492 e. The molecule has 0 spiro atoms. The van der Waals surface area contributed by atoms with E-state index in [9.17, 15) is 0 Å². The molecule has 0 saturated heterocycles. The first-order valence-electron chi connectivity index (χ1n) is 7.17. The molecule has 2 N–H and O–H groups in total. The maximum absolute atomic E-state index is 5.74. The Morgan fingerprint density at radius 3 is 2.35 bits per heavy atom. The number of nitrogens with one attached hydrogen (secondary N) is 2. The minimum atomic E-state index is 0.597. The van der Waals surface area contributed by atoms with Crippen molar-refractivity contribution in [2.45, 2.75) is 27.7 Å². The van der Waals surface area contributed by atoms with Crippen molar-refractivity contribution in [2.75, 3.05) is 26.7 Å². The van der Waals surface area contributed by atoms with Gasteiger partial charge in [0.2, 0.25) is 0 Å². The molecule has 0 aliphatic rings. The highest BCUT2D eigenvalue weighted by molar-refractivity contribution is 5.79. The standard InChI is InChI=1S/C16H27N3O/c1-12(2)11-19-16(17-5)18-6-7-20-15-9-13(3)8-14(4)10-15/h8-10,12H,6-7,11H2,1-5H3,(H2,17,18,19). The number of benzene rings is 1. The van der Waals surface area contributed by atoms with Crippen LogP contribution in [0.5, 0.6) is 5.75 Å². The molecule has 0 aliphatic carbocycles. The van der Waals surface area contributed by atoms with Gasteiger partial charge >= 0.3 is 0 Å². The molecule has 0 fully saturated rings. The van der Waals surface area contributed by atoms with Crippen molar-refractivity contribution in [3.05, 3.63) is 29.3 Å². The summed E-state index contributed by atoms with van der Waals surface area (Å²) < 4.78 is 5.74. The molecule has 4 nitrogen and oxygen atoms in total. The van der Waals surface area contributed by atoms with Crippen LogP contribution in [0, 0.1) is 19.8 Å². The van der Waals surface area contributed by atoms with Crippen molar-refractivity contribution >= 4 is 5.96 Å². The number of aryl methyl sites for hydroxylation is 2. The lowest BCUT2D eigenvalue weighted by atomic mass is 10.1. The van der Waals surface area contributed by atoms with Gasteiger partial charge in [-0.25, -0.2) is 0 Å². The maximum atomic E-state index is 5.74. The Labute approximate surface area is 122 Å². The highest BCUT2D eigenvalue weighted by atomic mass is 16.5. The van der Waals surface area contributed by atoms with E-state index in [2.05, 4.69) is 61.5 Å². The topological polar surface area (TPSA) is 45.7 Å². The van der Waals surface area contributed by atoms with Crippen LogP contribution in [0.15, 0.2) is 23.2 Å². The number of nitrogens with zero attached hydrogens (tertiary/aromatic N) is 1. The number of guanidine groups is 1. The highest BCUT2D eigenvalue weighted by Gasteiger charge is 2.00. The molecule has 0 amide bonds. The fourth-order valence-corrected chi connectivity index (χ4v) is 1.88. The summed E-state index contributed by atoms with van der Waals surface area (Å²) in [5, 5.41) is 6.51. The van der Waals surface area contributed by atoms with Crippen LogP contribution in [0.2, 0.25) is 0 Å².